The highest BCUT2D eigenvalue weighted by Gasteiger charge is 2.11. The summed E-state index contributed by atoms with van der Waals surface area (Å²) in [4.78, 5) is 0.479. The molecule has 0 aliphatic heterocycles. The highest BCUT2D eigenvalue weighted by atomic mass is 32.2. The first-order valence-electron chi connectivity index (χ1n) is 5.27. The van der Waals surface area contributed by atoms with Crippen LogP contribution in [0.5, 0.6) is 5.75 Å². The smallest absolute Gasteiger partial charge is 0.148 e. The van der Waals surface area contributed by atoms with Gasteiger partial charge in [0.1, 0.15) is 12.4 Å². The van der Waals surface area contributed by atoms with Crippen LogP contribution in [0.15, 0.2) is 41.3 Å². The van der Waals surface area contributed by atoms with E-state index < -0.39 is 9.71 Å². The van der Waals surface area contributed by atoms with E-state index in [1.54, 1.807) is 18.2 Å². The normalized spacial score (nSPS) is 13.8. The van der Waals surface area contributed by atoms with Crippen LogP contribution in [0.25, 0.3) is 10.8 Å². The number of terminal acetylenes is 1. The molecule has 0 aromatic heterocycles. The number of nitrogens with two attached hydrogens (primary N) is 1. The van der Waals surface area contributed by atoms with Gasteiger partial charge in [0.15, 0.2) is 0 Å². The molecule has 4 heteroatoms. The van der Waals surface area contributed by atoms with Gasteiger partial charge < -0.3 is 4.74 Å². The highest BCUT2D eigenvalue weighted by molar-refractivity contribution is 7.98. The van der Waals surface area contributed by atoms with Crippen LogP contribution in [0, 0.1) is 12.3 Å². The van der Waals surface area contributed by atoms with Gasteiger partial charge in [-0.2, -0.15) is 0 Å². The van der Waals surface area contributed by atoms with Crippen LogP contribution in [-0.2, 0) is 9.71 Å². The standard InChI is InChI=1S/C14H13NO2S/c1-3-10-17-12-8-4-6-11-7-5-9-13(14(11)12)18(2,15)16/h1,4-9H,2,10H2,(H2,15,16). The second-order valence-electron chi connectivity index (χ2n) is 3.83. The average Bonchev–Trinajstić information content (AvgIpc) is 2.34. The fourth-order valence-electron chi connectivity index (χ4n) is 1.80. The first-order valence-corrected chi connectivity index (χ1v) is 7.06. The molecule has 2 aromatic carbocycles. The van der Waals surface area contributed by atoms with Crippen LogP contribution in [0.4, 0.5) is 0 Å². The zero-order valence-corrected chi connectivity index (χ0v) is 10.6. The third-order valence-electron chi connectivity index (χ3n) is 2.51. The monoisotopic (exact) mass is 259 g/mol. The van der Waals surface area contributed by atoms with E-state index in [-0.39, 0.29) is 6.61 Å². The quantitative estimate of drug-likeness (QED) is 0.675. The molecule has 1 unspecified atom stereocenters. The summed E-state index contributed by atoms with van der Waals surface area (Å²) in [5.41, 5.74) is 0. The summed E-state index contributed by atoms with van der Waals surface area (Å²) in [6, 6.07) is 10.9. The van der Waals surface area contributed by atoms with Gasteiger partial charge in [-0.25, -0.2) is 4.21 Å². The first kappa shape index (κ1) is 12.5. The molecule has 0 saturated heterocycles. The molecule has 0 bridgehead atoms. The number of benzene rings is 2. The predicted octanol–water partition coefficient (Wildman–Crippen LogP) is 1.80. The Balaban J connectivity index is 2.77. The molecule has 3 nitrogen and oxygen atoms in total. The SMILES string of the molecule is C#CCOc1cccc2cccc(S(=C)(N)=O)c12. The number of fused-ring (bicyclic) bond motifs is 1. The maximum atomic E-state index is 12.0. The molecule has 2 rings (SSSR count). The second-order valence-corrected chi connectivity index (χ2v) is 5.72. The summed E-state index contributed by atoms with van der Waals surface area (Å²) >= 11 is 0. The average molecular weight is 259 g/mol. The van der Waals surface area contributed by atoms with Crippen LogP contribution >= 0.6 is 0 Å². The second kappa shape index (κ2) is 4.73. The summed E-state index contributed by atoms with van der Waals surface area (Å²) in [5.74, 6) is 6.49. The molecule has 0 heterocycles. The topological polar surface area (TPSA) is 52.3 Å². The molecule has 0 radical (unpaired) electrons. The molecule has 0 aliphatic carbocycles. The predicted molar refractivity (Wildman–Crippen MR) is 76.0 cm³/mol. The minimum Gasteiger partial charge on any atom is -0.480 e. The van der Waals surface area contributed by atoms with Gasteiger partial charge in [-0.05, 0) is 23.4 Å². The summed E-state index contributed by atoms with van der Waals surface area (Å²) in [6.45, 7) is 0.149. The Morgan fingerprint density at radius 2 is 2.00 bits per heavy atom. The first-order chi connectivity index (χ1) is 8.54. The van der Waals surface area contributed by atoms with E-state index in [0.29, 0.717) is 16.0 Å². The van der Waals surface area contributed by atoms with Crippen molar-refractivity contribution in [2.45, 2.75) is 4.90 Å². The van der Waals surface area contributed by atoms with Crippen LogP contribution < -0.4 is 9.88 Å². The molecular formula is C14H13NO2S. The Kier molecular flexibility index (Phi) is 3.28. The van der Waals surface area contributed by atoms with Crippen LogP contribution in [0.3, 0.4) is 0 Å². The molecule has 0 fully saturated rings. The van der Waals surface area contributed by atoms with Crippen molar-refractivity contribution >= 4 is 26.4 Å². The summed E-state index contributed by atoms with van der Waals surface area (Å²) in [6.07, 6.45) is 5.18. The van der Waals surface area contributed by atoms with Gasteiger partial charge in [-0.3, -0.25) is 5.14 Å². The fraction of sp³-hybridized carbons (Fsp3) is 0.0714. The lowest BCUT2D eigenvalue weighted by Crippen LogP contribution is -2.12. The summed E-state index contributed by atoms with van der Waals surface area (Å²) in [5, 5.41) is 7.24. The van der Waals surface area contributed by atoms with Crippen molar-refractivity contribution in [3.63, 3.8) is 0 Å². The van der Waals surface area contributed by atoms with Crippen LogP contribution in [0.1, 0.15) is 0 Å². The van der Waals surface area contributed by atoms with Crippen molar-refractivity contribution in [1.29, 1.82) is 0 Å². The van der Waals surface area contributed by atoms with Crippen molar-refractivity contribution in [2.75, 3.05) is 6.61 Å². The zero-order chi connectivity index (χ0) is 13.2. The largest absolute Gasteiger partial charge is 0.480 e. The molecule has 92 valence electrons. The van der Waals surface area contributed by atoms with Crippen molar-refractivity contribution in [3.8, 4) is 18.1 Å². The molecule has 0 aliphatic rings. The maximum Gasteiger partial charge on any atom is 0.148 e. The lowest BCUT2D eigenvalue weighted by molar-refractivity contribution is 0.374. The summed E-state index contributed by atoms with van der Waals surface area (Å²) in [7, 11) is -2.81. The van der Waals surface area contributed by atoms with E-state index in [4.69, 9.17) is 16.3 Å². The van der Waals surface area contributed by atoms with Gasteiger partial charge >= 0.3 is 0 Å². The van der Waals surface area contributed by atoms with E-state index in [2.05, 4.69) is 11.8 Å². The van der Waals surface area contributed by atoms with E-state index in [1.165, 1.54) is 0 Å². The third kappa shape index (κ3) is 2.33. The van der Waals surface area contributed by atoms with Crippen molar-refractivity contribution in [3.05, 3.63) is 36.4 Å². The Morgan fingerprint density at radius 3 is 2.61 bits per heavy atom. The minimum absolute atomic E-state index is 0.149. The van der Waals surface area contributed by atoms with Crippen LogP contribution in [0.2, 0.25) is 0 Å². The van der Waals surface area contributed by atoms with E-state index >= 15 is 0 Å². The molecule has 2 N–H and O–H groups in total. The van der Waals surface area contributed by atoms with Crippen LogP contribution in [-0.4, -0.2) is 16.7 Å². The highest BCUT2D eigenvalue weighted by Crippen LogP contribution is 2.31. The molecule has 2 aromatic rings. The van der Waals surface area contributed by atoms with Gasteiger partial charge in [0.05, 0.1) is 14.6 Å². The van der Waals surface area contributed by atoms with Crippen molar-refractivity contribution in [2.24, 2.45) is 5.14 Å². The maximum absolute atomic E-state index is 12.0. The van der Waals surface area contributed by atoms with E-state index in [9.17, 15) is 4.21 Å². The third-order valence-corrected chi connectivity index (χ3v) is 3.60. The molecular weight excluding hydrogens is 246 g/mol. The van der Waals surface area contributed by atoms with Gasteiger partial charge in [-0.1, -0.05) is 30.2 Å². The lowest BCUT2D eigenvalue weighted by Gasteiger charge is -2.12. The Morgan fingerprint density at radius 1 is 1.33 bits per heavy atom. The molecule has 18 heavy (non-hydrogen) atoms. The molecule has 1 atom stereocenters. The molecule has 0 spiro atoms. The number of hydrogen-bond acceptors (Lipinski definition) is 2. The molecule has 0 saturated carbocycles. The van der Waals surface area contributed by atoms with Crippen molar-refractivity contribution < 1.29 is 8.95 Å². The Bertz CT molecular complexity index is 722. The molecule has 0 amide bonds. The Labute approximate surface area is 107 Å². The van der Waals surface area contributed by atoms with E-state index in [1.807, 2.05) is 18.2 Å². The van der Waals surface area contributed by atoms with E-state index in [0.717, 1.165) is 5.39 Å². The van der Waals surface area contributed by atoms with Gasteiger partial charge in [0.2, 0.25) is 0 Å². The van der Waals surface area contributed by atoms with Gasteiger partial charge in [0, 0.05) is 5.39 Å². The van der Waals surface area contributed by atoms with Gasteiger partial charge in [0.25, 0.3) is 0 Å². The lowest BCUT2D eigenvalue weighted by atomic mass is 10.1. The number of rotatable bonds is 3. The number of ether oxygens (including phenoxy) is 1. The Hall–Kier alpha value is -1.96. The number of hydrogen-bond donors (Lipinski definition) is 1. The van der Waals surface area contributed by atoms with Gasteiger partial charge in [-0.15, -0.1) is 6.42 Å². The zero-order valence-electron chi connectivity index (χ0n) is 9.76. The van der Waals surface area contributed by atoms with Crippen molar-refractivity contribution in [1.82, 2.24) is 0 Å². The minimum atomic E-state index is -2.81. The fourth-order valence-corrected chi connectivity index (χ4v) is 2.67. The summed E-state index contributed by atoms with van der Waals surface area (Å²) < 4.78 is 17.5.